The van der Waals surface area contributed by atoms with Crippen LogP contribution in [0.15, 0.2) is 0 Å². The molecule has 0 aromatic carbocycles. The van der Waals surface area contributed by atoms with Gasteiger partial charge in [-0.15, -0.1) is 0 Å². The number of carbonyl (C=O) groups is 2. The summed E-state index contributed by atoms with van der Waals surface area (Å²) >= 11 is 0. The molecule has 0 fully saturated rings. The Labute approximate surface area is 66.1 Å². The number of hydrogen-bond donors (Lipinski definition) is 2. The van der Waals surface area contributed by atoms with E-state index in [1.165, 1.54) is 13.8 Å². The molecule has 0 aliphatic heterocycles. The molecule has 0 saturated heterocycles. The Balaban J connectivity index is -0.0000000720. The first-order valence-electron chi connectivity index (χ1n) is 1.99. The molecular formula is C4H11LiN2O2. The minimum atomic E-state index is -0.333. The Kier molecular flexibility index (Phi) is 18.5. The SMILES string of the molecule is CC(N)=O.CC(N)=O.[LiH]. The van der Waals surface area contributed by atoms with E-state index in [9.17, 15) is 9.59 Å². The van der Waals surface area contributed by atoms with Crippen LogP contribution in [0.5, 0.6) is 0 Å². The predicted molar refractivity (Wildman–Crippen MR) is 36.9 cm³/mol. The van der Waals surface area contributed by atoms with Crippen LogP contribution in [0, 0.1) is 0 Å². The Bertz CT molecular complexity index is 74.6. The number of rotatable bonds is 0. The topological polar surface area (TPSA) is 86.2 Å². The minimum absolute atomic E-state index is 0. The van der Waals surface area contributed by atoms with E-state index in [0.717, 1.165) is 0 Å². The van der Waals surface area contributed by atoms with Crippen LogP contribution in [-0.4, -0.2) is 30.7 Å². The number of carbonyl (C=O) groups excluding carboxylic acids is 2. The molecule has 0 bridgehead atoms. The van der Waals surface area contributed by atoms with Crippen molar-refractivity contribution in [3.63, 3.8) is 0 Å². The molecule has 4 nitrogen and oxygen atoms in total. The van der Waals surface area contributed by atoms with Crippen LogP contribution in [0.4, 0.5) is 0 Å². The average molecular weight is 126 g/mol. The first kappa shape index (κ1) is 15.8. The summed E-state index contributed by atoms with van der Waals surface area (Å²) in [5, 5.41) is 0. The van der Waals surface area contributed by atoms with Crippen molar-refractivity contribution in [1.29, 1.82) is 0 Å². The molecule has 0 heterocycles. The van der Waals surface area contributed by atoms with Gasteiger partial charge in [0.1, 0.15) is 0 Å². The molecule has 4 N–H and O–H groups in total. The van der Waals surface area contributed by atoms with Crippen molar-refractivity contribution >= 4 is 30.7 Å². The fourth-order valence-electron chi connectivity index (χ4n) is 0. The standard InChI is InChI=1S/2C2H5NO.Li.H/c2*1-2(3)4;;/h2*1H3,(H2,3,4);;. The van der Waals surface area contributed by atoms with Crippen LogP contribution >= 0.6 is 0 Å². The summed E-state index contributed by atoms with van der Waals surface area (Å²) in [6.45, 7) is 2.61. The van der Waals surface area contributed by atoms with Crippen molar-refractivity contribution in [3.05, 3.63) is 0 Å². The second-order valence-electron chi connectivity index (χ2n) is 1.22. The second kappa shape index (κ2) is 10.5. The van der Waals surface area contributed by atoms with Crippen LogP contribution in [0.25, 0.3) is 0 Å². The van der Waals surface area contributed by atoms with Gasteiger partial charge in [-0.05, 0) is 0 Å². The van der Waals surface area contributed by atoms with Gasteiger partial charge in [-0.2, -0.15) is 0 Å². The third-order valence-corrected chi connectivity index (χ3v) is 0. The first-order chi connectivity index (χ1) is 3.46. The van der Waals surface area contributed by atoms with Gasteiger partial charge in [0, 0.05) is 13.8 Å². The summed E-state index contributed by atoms with van der Waals surface area (Å²) in [6, 6.07) is 0. The first-order valence-corrected chi connectivity index (χ1v) is 1.99. The Morgan fingerprint density at radius 2 is 1.00 bits per heavy atom. The summed E-state index contributed by atoms with van der Waals surface area (Å²) in [4.78, 5) is 18.4. The van der Waals surface area contributed by atoms with E-state index in [2.05, 4.69) is 11.5 Å². The molecular weight excluding hydrogens is 115 g/mol. The Morgan fingerprint density at radius 3 is 1.00 bits per heavy atom. The monoisotopic (exact) mass is 126 g/mol. The molecule has 0 unspecified atom stereocenters. The summed E-state index contributed by atoms with van der Waals surface area (Å²) in [6.07, 6.45) is 0. The molecule has 5 heteroatoms. The second-order valence-corrected chi connectivity index (χ2v) is 1.22. The zero-order chi connectivity index (χ0) is 7.15. The van der Waals surface area contributed by atoms with Gasteiger partial charge >= 0.3 is 18.9 Å². The number of hydrogen-bond acceptors (Lipinski definition) is 2. The van der Waals surface area contributed by atoms with E-state index < -0.39 is 0 Å². The maximum atomic E-state index is 9.22. The Morgan fingerprint density at radius 1 is 1.00 bits per heavy atom. The van der Waals surface area contributed by atoms with Gasteiger partial charge in [0.05, 0.1) is 0 Å². The van der Waals surface area contributed by atoms with Crippen molar-refractivity contribution in [1.82, 2.24) is 0 Å². The molecule has 0 radical (unpaired) electrons. The summed E-state index contributed by atoms with van der Waals surface area (Å²) in [5.74, 6) is -0.667. The van der Waals surface area contributed by atoms with Crippen molar-refractivity contribution in [2.75, 3.05) is 0 Å². The molecule has 0 aromatic rings. The molecule has 0 aromatic heterocycles. The van der Waals surface area contributed by atoms with Gasteiger partial charge in [0.15, 0.2) is 0 Å². The van der Waals surface area contributed by atoms with E-state index in [-0.39, 0.29) is 30.7 Å². The van der Waals surface area contributed by atoms with Gasteiger partial charge in [-0.25, -0.2) is 0 Å². The summed E-state index contributed by atoms with van der Waals surface area (Å²) < 4.78 is 0. The van der Waals surface area contributed by atoms with Gasteiger partial charge in [0.2, 0.25) is 11.8 Å². The molecule has 2 amide bonds. The van der Waals surface area contributed by atoms with Crippen molar-refractivity contribution < 1.29 is 9.59 Å². The summed E-state index contributed by atoms with van der Waals surface area (Å²) in [5.41, 5.74) is 8.94. The third-order valence-electron chi connectivity index (χ3n) is 0. The zero-order valence-electron chi connectivity index (χ0n) is 4.97. The molecule has 0 aliphatic rings. The molecule has 0 rings (SSSR count). The summed E-state index contributed by atoms with van der Waals surface area (Å²) in [7, 11) is 0. The molecule has 50 valence electrons. The zero-order valence-corrected chi connectivity index (χ0v) is 4.97. The fraction of sp³-hybridized carbons (Fsp3) is 0.500. The van der Waals surface area contributed by atoms with Crippen LogP contribution in [0.2, 0.25) is 0 Å². The van der Waals surface area contributed by atoms with E-state index in [1.54, 1.807) is 0 Å². The van der Waals surface area contributed by atoms with Gasteiger partial charge < -0.3 is 11.5 Å². The van der Waals surface area contributed by atoms with Gasteiger partial charge in [0.25, 0.3) is 0 Å². The maximum absolute atomic E-state index is 9.22. The number of primary amides is 2. The number of amides is 2. The third kappa shape index (κ3) is 1080. The van der Waals surface area contributed by atoms with E-state index in [0.29, 0.717) is 0 Å². The average Bonchev–Trinajstić information content (AvgIpc) is 1.25. The molecule has 0 spiro atoms. The van der Waals surface area contributed by atoms with Crippen LogP contribution in [-0.2, 0) is 9.59 Å². The van der Waals surface area contributed by atoms with Crippen molar-refractivity contribution in [2.45, 2.75) is 13.8 Å². The fourth-order valence-corrected chi connectivity index (χ4v) is 0. The van der Waals surface area contributed by atoms with Crippen molar-refractivity contribution in [3.8, 4) is 0 Å². The van der Waals surface area contributed by atoms with E-state index in [4.69, 9.17) is 0 Å². The molecule has 0 atom stereocenters. The van der Waals surface area contributed by atoms with Crippen LogP contribution in [0.3, 0.4) is 0 Å². The Hall–Kier alpha value is -0.463. The van der Waals surface area contributed by atoms with Crippen LogP contribution < -0.4 is 11.5 Å². The molecule has 0 aliphatic carbocycles. The molecule has 9 heavy (non-hydrogen) atoms. The van der Waals surface area contributed by atoms with Gasteiger partial charge in [-0.1, -0.05) is 0 Å². The van der Waals surface area contributed by atoms with Crippen LogP contribution in [0.1, 0.15) is 13.8 Å². The normalized spacial score (nSPS) is 5.56. The van der Waals surface area contributed by atoms with E-state index >= 15 is 0 Å². The van der Waals surface area contributed by atoms with Gasteiger partial charge in [-0.3, -0.25) is 9.59 Å². The molecule has 0 saturated carbocycles. The van der Waals surface area contributed by atoms with E-state index in [1.807, 2.05) is 0 Å². The quantitative estimate of drug-likeness (QED) is 0.380. The number of nitrogens with two attached hydrogens (primary N) is 2. The van der Waals surface area contributed by atoms with Crippen molar-refractivity contribution in [2.24, 2.45) is 11.5 Å². The predicted octanol–water partition coefficient (Wildman–Crippen LogP) is -1.67.